The van der Waals surface area contributed by atoms with Crippen LogP contribution in [0.15, 0.2) is 0 Å². The third-order valence-corrected chi connectivity index (χ3v) is 6.54. The Morgan fingerprint density at radius 1 is 0.586 bits per heavy atom. The fourth-order valence-electron chi connectivity index (χ4n) is 3.72. The maximum Gasteiger partial charge on any atom is 1.00 e. The number of rotatable bonds is 22. The monoisotopic (exact) mass is 442 g/mol. The first-order chi connectivity index (χ1) is 13.5. The first kappa shape index (κ1) is 32.1. The SMILES string of the molecule is CCCCCCCCCCCCCCCCCCCCCCC(O)S(=O)(=O)[O-].[Na+]. The van der Waals surface area contributed by atoms with E-state index in [-0.39, 0.29) is 36.0 Å². The molecule has 1 atom stereocenters. The van der Waals surface area contributed by atoms with Crippen LogP contribution < -0.4 is 29.6 Å². The second-order valence-electron chi connectivity index (χ2n) is 8.45. The Bertz CT molecular complexity index is 415. The van der Waals surface area contributed by atoms with Crippen LogP contribution in [0.3, 0.4) is 0 Å². The number of hydrogen-bond acceptors (Lipinski definition) is 4. The van der Waals surface area contributed by atoms with Gasteiger partial charge in [-0.2, -0.15) is 0 Å². The van der Waals surface area contributed by atoms with E-state index in [1.807, 2.05) is 0 Å². The van der Waals surface area contributed by atoms with E-state index in [4.69, 9.17) is 5.11 Å². The zero-order valence-corrected chi connectivity index (χ0v) is 22.3. The Labute approximate surface area is 204 Å². The van der Waals surface area contributed by atoms with Crippen LogP contribution in [0.2, 0.25) is 0 Å². The quantitative estimate of drug-likeness (QED) is 0.156. The van der Waals surface area contributed by atoms with E-state index in [1.165, 1.54) is 109 Å². The fourth-order valence-corrected chi connectivity index (χ4v) is 4.17. The smallest absolute Gasteiger partial charge is 0.746 e. The van der Waals surface area contributed by atoms with Gasteiger partial charge in [0.2, 0.25) is 0 Å². The zero-order chi connectivity index (χ0) is 20.9. The third-order valence-electron chi connectivity index (χ3n) is 5.64. The van der Waals surface area contributed by atoms with Gasteiger partial charge in [-0.05, 0) is 12.8 Å². The van der Waals surface area contributed by atoms with Crippen molar-refractivity contribution in [1.29, 1.82) is 0 Å². The minimum Gasteiger partial charge on any atom is -0.746 e. The number of hydrogen-bond donors (Lipinski definition) is 1. The summed E-state index contributed by atoms with van der Waals surface area (Å²) < 4.78 is 31.7. The summed E-state index contributed by atoms with van der Waals surface area (Å²) in [6.45, 7) is 2.27. The van der Waals surface area contributed by atoms with Crippen LogP contribution in [0.4, 0.5) is 0 Å². The van der Waals surface area contributed by atoms with Crippen LogP contribution in [0.1, 0.15) is 142 Å². The molecule has 1 unspecified atom stereocenters. The van der Waals surface area contributed by atoms with Crippen molar-refractivity contribution in [2.75, 3.05) is 0 Å². The van der Waals surface area contributed by atoms with Gasteiger partial charge in [-0.25, -0.2) is 8.42 Å². The van der Waals surface area contributed by atoms with Crippen LogP contribution in [-0.2, 0) is 10.1 Å². The standard InChI is InChI=1S/C23H48O4S.Na/c1-2-3-4-5-6-7-8-9-10-11-12-13-14-15-16-17-18-19-20-21-22-23(24)28(25,26)27;/h23-24H,2-22H2,1H3,(H,25,26,27);/q;+1/p-1. The van der Waals surface area contributed by atoms with Gasteiger partial charge in [0.25, 0.3) is 0 Å². The number of unbranched alkanes of at least 4 members (excludes halogenated alkanes) is 19. The van der Waals surface area contributed by atoms with Gasteiger partial charge in [-0.15, -0.1) is 0 Å². The van der Waals surface area contributed by atoms with Crippen LogP contribution in [0.25, 0.3) is 0 Å². The Hall–Kier alpha value is 0.870. The van der Waals surface area contributed by atoms with Crippen LogP contribution >= 0.6 is 0 Å². The van der Waals surface area contributed by atoms with Crippen LogP contribution in [0, 0.1) is 0 Å². The average molecular weight is 443 g/mol. The molecular formula is C23H47NaO4S. The predicted octanol–water partition coefficient (Wildman–Crippen LogP) is 4.07. The topological polar surface area (TPSA) is 77.4 Å². The van der Waals surface area contributed by atoms with E-state index in [0.717, 1.165) is 12.8 Å². The molecule has 0 spiro atoms. The van der Waals surface area contributed by atoms with E-state index < -0.39 is 15.6 Å². The van der Waals surface area contributed by atoms with Crippen molar-refractivity contribution in [3.63, 3.8) is 0 Å². The van der Waals surface area contributed by atoms with Crippen molar-refractivity contribution in [1.82, 2.24) is 0 Å². The zero-order valence-electron chi connectivity index (χ0n) is 19.5. The molecule has 0 aliphatic rings. The predicted molar refractivity (Wildman–Crippen MR) is 118 cm³/mol. The number of aliphatic hydroxyl groups excluding tert-OH is 1. The Kier molecular flexibility index (Phi) is 26.0. The van der Waals surface area contributed by atoms with Crippen molar-refractivity contribution in [2.45, 2.75) is 147 Å². The van der Waals surface area contributed by atoms with Crippen molar-refractivity contribution < 1.29 is 47.6 Å². The van der Waals surface area contributed by atoms with Gasteiger partial charge in [-0.3, -0.25) is 0 Å². The molecular weight excluding hydrogens is 395 g/mol. The molecule has 0 rings (SSSR count). The normalized spacial score (nSPS) is 12.7. The average Bonchev–Trinajstić information content (AvgIpc) is 2.65. The molecule has 0 aliphatic carbocycles. The molecule has 29 heavy (non-hydrogen) atoms. The van der Waals surface area contributed by atoms with Gasteiger partial charge in [-0.1, -0.05) is 129 Å². The molecule has 170 valence electrons. The summed E-state index contributed by atoms with van der Waals surface area (Å²) in [6, 6.07) is 0. The van der Waals surface area contributed by atoms with Gasteiger partial charge in [0.15, 0.2) is 0 Å². The summed E-state index contributed by atoms with van der Waals surface area (Å²) in [6.07, 6.45) is 25.9. The largest absolute Gasteiger partial charge is 1.00 e. The molecule has 6 heteroatoms. The second-order valence-corrected chi connectivity index (χ2v) is 9.98. The van der Waals surface area contributed by atoms with Crippen LogP contribution in [-0.4, -0.2) is 23.5 Å². The molecule has 0 aromatic heterocycles. The van der Waals surface area contributed by atoms with E-state index in [2.05, 4.69) is 6.92 Å². The molecule has 0 saturated heterocycles. The van der Waals surface area contributed by atoms with E-state index in [0.29, 0.717) is 6.42 Å². The minimum atomic E-state index is -4.52. The maximum atomic E-state index is 10.6. The Morgan fingerprint density at radius 3 is 1.07 bits per heavy atom. The van der Waals surface area contributed by atoms with Gasteiger partial charge in [0.1, 0.15) is 15.6 Å². The second kappa shape index (κ2) is 23.5. The molecule has 0 aliphatic heterocycles. The molecule has 0 saturated carbocycles. The summed E-state index contributed by atoms with van der Waals surface area (Å²) in [5.74, 6) is 0. The van der Waals surface area contributed by atoms with Crippen LogP contribution in [0.5, 0.6) is 0 Å². The van der Waals surface area contributed by atoms with Gasteiger partial charge in [0, 0.05) is 0 Å². The van der Waals surface area contributed by atoms with E-state index in [9.17, 15) is 13.0 Å². The molecule has 0 radical (unpaired) electrons. The van der Waals surface area contributed by atoms with Gasteiger partial charge >= 0.3 is 29.6 Å². The van der Waals surface area contributed by atoms with Crippen molar-refractivity contribution in [2.24, 2.45) is 0 Å². The molecule has 0 amide bonds. The first-order valence-corrected chi connectivity index (χ1v) is 13.6. The van der Waals surface area contributed by atoms with Crippen molar-refractivity contribution in [3.8, 4) is 0 Å². The molecule has 0 bridgehead atoms. The summed E-state index contributed by atoms with van der Waals surface area (Å²) in [5, 5.41) is 9.14. The molecule has 4 nitrogen and oxygen atoms in total. The Morgan fingerprint density at radius 2 is 0.828 bits per heavy atom. The maximum absolute atomic E-state index is 10.6. The van der Waals surface area contributed by atoms with Gasteiger partial charge in [0.05, 0.1) is 0 Å². The summed E-state index contributed by atoms with van der Waals surface area (Å²) in [5.41, 5.74) is -1.72. The summed E-state index contributed by atoms with van der Waals surface area (Å²) in [4.78, 5) is 0. The molecule has 0 heterocycles. The molecule has 0 aromatic carbocycles. The summed E-state index contributed by atoms with van der Waals surface area (Å²) >= 11 is 0. The molecule has 0 aromatic rings. The van der Waals surface area contributed by atoms with Gasteiger partial charge < -0.3 is 9.66 Å². The fraction of sp³-hybridized carbons (Fsp3) is 1.00. The molecule has 0 fully saturated rings. The molecule has 1 N–H and O–H groups in total. The van der Waals surface area contributed by atoms with E-state index in [1.54, 1.807) is 0 Å². The van der Waals surface area contributed by atoms with E-state index >= 15 is 0 Å². The van der Waals surface area contributed by atoms with Crippen molar-refractivity contribution in [3.05, 3.63) is 0 Å². The first-order valence-electron chi connectivity index (χ1n) is 12.1. The minimum absolute atomic E-state index is 0. The van der Waals surface area contributed by atoms with Crippen molar-refractivity contribution >= 4 is 10.1 Å². The Balaban J connectivity index is 0. The third kappa shape index (κ3) is 25.0. The number of aliphatic hydroxyl groups is 1. The summed E-state index contributed by atoms with van der Waals surface area (Å²) in [7, 11) is -4.52.